The van der Waals surface area contributed by atoms with Gasteiger partial charge in [-0.15, -0.1) is 0 Å². The van der Waals surface area contributed by atoms with E-state index in [0.717, 1.165) is 5.92 Å². The first-order chi connectivity index (χ1) is 23.8. The average Bonchev–Trinajstić information content (AvgIpc) is 3.07. The molecular formula is C37H45F9O4. The number of unbranched alkanes of at least 4 members (excludes halogenated alkanes) is 2. The summed E-state index contributed by atoms with van der Waals surface area (Å²) in [5.74, 6) is -7.14. The highest BCUT2D eigenvalue weighted by molar-refractivity contribution is 5.30. The van der Waals surface area contributed by atoms with Gasteiger partial charge in [0.1, 0.15) is 17.2 Å². The van der Waals surface area contributed by atoms with Gasteiger partial charge in [0, 0.05) is 11.8 Å². The van der Waals surface area contributed by atoms with E-state index in [9.17, 15) is 30.7 Å². The van der Waals surface area contributed by atoms with Crippen molar-refractivity contribution in [2.75, 3.05) is 19.8 Å². The summed E-state index contributed by atoms with van der Waals surface area (Å²) in [6.45, 7) is 2.44. The van der Waals surface area contributed by atoms with Crippen molar-refractivity contribution in [3.8, 4) is 0 Å². The second kappa shape index (κ2) is 17.0. The lowest BCUT2D eigenvalue weighted by atomic mass is 9.74. The highest BCUT2D eigenvalue weighted by Crippen LogP contribution is 2.42. The molecule has 1 heterocycles. The van der Waals surface area contributed by atoms with E-state index in [1.54, 1.807) is 0 Å². The number of rotatable bonds is 14. The molecule has 5 rings (SSSR count). The monoisotopic (exact) mass is 724 g/mol. The SMILES string of the molecule is CCCCCC1CCC(C2COC(C3CCC(OC(F)(F)c4cc(F)c(C(F)(F)OCCc5cc(F)c(F)c(F)c5)c(F)c4)CC3)OC2)CC1. The van der Waals surface area contributed by atoms with Crippen LogP contribution in [-0.2, 0) is 37.6 Å². The van der Waals surface area contributed by atoms with Crippen LogP contribution in [-0.4, -0.2) is 32.2 Å². The third kappa shape index (κ3) is 9.74. The first-order valence-electron chi connectivity index (χ1n) is 17.7. The molecule has 50 heavy (non-hydrogen) atoms. The molecule has 2 saturated carbocycles. The predicted molar refractivity (Wildman–Crippen MR) is 166 cm³/mol. The molecule has 0 radical (unpaired) electrons. The summed E-state index contributed by atoms with van der Waals surface area (Å²) in [5.41, 5.74) is -3.46. The number of hydrogen-bond acceptors (Lipinski definition) is 4. The molecule has 2 aliphatic carbocycles. The van der Waals surface area contributed by atoms with Crippen LogP contribution in [0.25, 0.3) is 0 Å². The smallest absolute Gasteiger partial charge is 0.352 e. The third-order valence-electron chi connectivity index (χ3n) is 10.5. The summed E-state index contributed by atoms with van der Waals surface area (Å²) in [6, 6.07) is 1.23. The van der Waals surface area contributed by atoms with Gasteiger partial charge in [0.2, 0.25) is 0 Å². The van der Waals surface area contributed by atoms with Gasteiger partial charge in [0.25, 0.3) is 0 Å². The van der Waals surface area contributed by atoms with E-state index < -0.39 is 77.9 Å². The van der Waals surface area contributed by atoms with Gasteiger partial charge in [-0.1, -0.05) is 45.4 Å². The van der Waals surface area contributed by atoms with E-state index in [0.29, 0.717) is 50.0 Å². The van der Waals surface area contributed by atoms with Crippen LogP contribution in [0.5, 0.6) is 0 Å². The van der Waals surface area contributed by atoms with Crippen LogP contribution < -0.4 is 0 Å². The van der Waals surface area contributed by atoms with Gasteiger partial charge in [0.15, 0.2) is 23.7 Å². The molecule has 1 aliphatic heterocycles. The molecule has 2 aromatic rings. The van der Waals surface area contributed by atoms with Gasteiger partial charge < -0.3 is 18.9 Å². The maximum atomic E-state index is 15.1. The summed E-state index contributed by atoms with van der Waals surface area (Å²) < 4.78 is 150. The summed E-state index contributed by atoms with van der Waals surface area (Å²) in [6.07, 6.45) is 0.611. The van der Waals surface area contributed by atoms with Crippen LogP contribution in [0.3, 0.4) is 0 Å². The number of halogens is 9. The van der Waals surface area contributed by atoms with E-state index in [1.807, 2.05) is 0 Å². The molecule has 13 heteroatoms. The highest BCUT2D eigenvalue weighted by Gasteiger charge is 2.44. The van der Waals surface area contributed by atoms with Gasteiger partial charge in [-0.05, 0) is 86.6 Å². The Kier molecular flexibility index (Phi) is 13.2. The molecule has 0 bridgehead atoms. The van der Waals surface area contributed by atoms with Crippen molar-refractivity contribution in [1.29, 1.82) is 0 Å². The molecule has 3 fully saturated rings. The van der Waals surface area contributed by atoms with Crippen molar-refractivity contribution in [3.05, 3.63) is 70.0 Å². The van der Waals surface area contributed by atoms with Crippen LogP contribution in [0.4, 0.5) is 39.5 Å². The molecule has 3 aliphatic rings. The van der Waals surface area contributed by atoms with E-state index in [2.05, 4.69) is 11.7 Å². The Labute approximate surface area is 287 Å². The molecule has 0 amide bonds. The van der Waals surface area contributed by atoms with Gasteiger partial charge >= 0.3 is 12.2 Å². The van der Waals surface area contributed by atoms with Gasteiger partial charge in [0.05, 0.1) is 31.5 Å². The molecule has 0 atom stereocenters. The lowest BCUT2D eigenvalue weighted by Gasteiger charge is -2.41. The Morgan fingerprint density at radius 2 is 1.26 bits per heavy atom. The first kappa shape index (κ1) is 38.9. The average molecular weight is 725 g/mol. The van der Waals surface area contributed by atoms with Gasteiger partial charge in [-0.2, -0.15) is 17.6 Å². The number of benzene rings is 2. The molecular weight excluding hydrogens is 679 g/mol. The molecule has 0 aromatic heterocycles. The first-order valence-corrected chi connectivity index (χ1v) is 17.7. The van der Waals surface area contributed by atoms with Crippen molar-refractivity contribution in [2.45, 2.75) is 115 Å². The Bertz CT molecular complexity index is 1350. The zero-order chi connectivity index (χ0) is 36.1. The molecule has 2 aromatic carbocycles. The van der Waals surface area contributed by atoms with Crippen LogP contribution in [0, 0.1) is 52.8 Å². The minimum absolute atomic E-state index is 0.0174. The normalized spacial score (nSPS) is 26.7. The lowest BCUT2D eigenvalue weighted by molar-refractivity contribution is -0.284. The van der Waals surface area contributed by atoms with Crippen LogP contribution in [0.15, 0.2) is 24.3 Å². The van der Waals surface area contributed by atoms with Crippen LogP contribution >= 0.6 is 0 Å². The van der Waals surface area contributed by atoms with Crippen molar-refractivity contribution < 1.29 is 58.5 Å². The van der Waals surface area contributed by atoms with E-state index >= 15 is 8.78 Å². The van der Waals surface area contributed by atoms with E-state index in [1.165, 1.54) is 51.4 Å². The highest BCUT2D eigenvalue weighted by atomic mass is 19.3. The van der Waals surface area contributed by atoms with Gasteiger partial charge in [-0.3, -0.25) is 0 Å². The minimum atomic E-state index is -4.63. The zero-order valence-electron chi connectivity index (χ0n) is 28.1. The Balaban J connectivity index is 1.07. The van der Waals surface area contributed by atoms with Gasteiger partial charge in [-0.25, -0.2) is 22.0 Å². The maximum absolute atomic E-state index is 15.1. The fraction of sp³-hybridized carbons (Fsp3) is 0.676. The quantitative estimate of drug-likeness (QED) is 0.110. The van der Waals surface area contributed by atoms with Crippen LogP contribution in [0.2, 0.25) is 0 Å². The van der Waals surface area contributed by atoms with Crippen molar-refractivity contribution in [3.63, 3.8) is 0 Å². The molecule has 4 nitrogen and oxygen atoms in total. The van der Waals surface area contributed by atoms with Crippen molar-refractivity contribution in [2.24, 2.45) is 23.7 Å². The lowest BCUT2D eigenvalue weighted by Crippen LogP contribution is -2.42. The minimum Gasteiger partial charge on any atom is -0.352 e. The fourth-order valence-corrected chi connectivity index (χ4v) is 7.61. The van der Waals surface area contributed by atoms with Crippen molar-refractivity contribution in [1.82, 2.24) is 0 Å². The molecule has 1 saturated heterocycles. The fourth-order valence-electron chi connectivity index (χ4n) is 7.61. The second-order valence-electron chi connectivity index (χ2n) is 14.0. The molecule has 0 spiro atoms. The topological polar surface area (TPSA) is 36.9 Å². The Morgan fingerprint density at radius 3 is 1.84 bits per heavy atom. The Hall–Kier alpha value is -2.35. The predicted octanol–water partition coefficient (Wildman–Crippen LogP) is 10.7. The summed E-state index contributed by atoms with van der Waals surface area (Å²) in [4.78, 5) is 0. The number of alkyl halides is 4. The standard InChI is InChI=1S/C37H45F9O4/c1-2-3-4-5-22-6-8-24(9-7-22)26-20-47-35(48-21-26)25-10-12-28(13-11-25)50-36(43,44)27-18-29(38)33(30(39)19-27)37(45,46)49-15-14-23-16-31(40)34(42)32(41)17-23/h16-19,22,24-26,28,35H,2-15,20-21H2,1H3. The molecule has 280 valence electrons. The van der Waals surface area contributed by atoms with E-state index in [-0.39, 0.29) is 36.5 Å². The number of ether oxygens (including phenoxy) is 4. The largest absolute Gasteiger partial charge is 0.389 e. The summed E-state index contributed by atoms with van der Waals surface area (Å²) in [7, 11) is 0. The van der Waals surface area contributed by atoms with E-state index in [4.69, 9.17) is 14.2 Å². The second-order valence-corrected chi connectivity index (χ2v) is 14.0. The maximum Gasteiger partial charge on any atom is 0.389 e. The van der Waals surface area contributed by atoms with Crippen molar-refractivity contribution >= 4 is 0 Å². The summed E-state index contributed by atoms with van der Waals surface area (Å²) >= 11 is 0. The zero-order valence-corrected chi connectivity index (χ0v) is 28.1. The molecule has 0 N–H and O–H groups in total. The summed E-state index contributed by atoms with van der Waals surface area (Å²) in [5, 5.41) is 0. The third-order valence-corrected chi connectivity index (χ3v) is 10.5. The number of hydrogen-bond donors (Lipinski definition) is 0. The van der Waals surface area contributed by atoms with Crippen LogP contribution in [0.1, 0.15) is 101 Å². The Morgan fingerprint density at radius 1 is 0.680 bits per heavy atom. The molecule has 0 unspecified atom stereocenters.